The molecule has 0 spiro atoms. The Morgan fingerprint density at radius 1 is 0.878 bits per heavy atom. The zero-order valence-electron chi connectivity index (χ0n) is 30.7. The number of nitrogens with zero attached hydrogens (tertiary/aromatic N) is 1. The van der Waals surface area contributed by atoms with Crippen molar-refractivity contribution in [3.63, 3.8) is 0 Å². The van der Waals surface area contributed by atoms with E-state index in [1.807, 2.05) is 65.9 Å². The maximum Gasteiger partial charge on any atom is 0.164 e. The molecule has 3 aromatic carbocycles. The molecule has 1 radical (unpaired) electrons. The first kappa shape index (κ1) is 40.1. The Morgan fingerprint density at radius 3 is 2.12 bits per heavy atom. The van der Waals surface area contributed by atoms with Crippen LogP contribution in [-0.4, -0.2) is 21.0 Å². The van der Waals surface area contributed by atoms with Crippen LogP contribution >= 0.6 is 11.3 Å². The summed E-state index contributed by atoms with van der Waals surface area (Å²) in [7, 11) is 0. The molecule has 0 atom stereocenters. The summed E-state index contributed by atoms with van der Waals surface area (Å²) >= 11 is 1.67. The van der Waals surface area contributed by atoms with Gasteiger partial charge in [-0.25, -0.2) is 0 Å². The molecule has 5 rings (SSSR count). The number of aromatic nitrogens is 1. The first-order valence-corrected chi connectivity index (χ1v) is 18.1. The standard InChI is InChI=1S/C28H24NOS.C15H28O2.Ir/c1-17-16-31-27-20(17)11-12-24(30)25(27)22-10-7-13-29-26(22)19-14-18-8-5-6-9-21(18)23(15-19)28(2,3)4;1-7-14(5,8-2)12(16)11-13(17)15(6,9-3)10-4;/h5-13,15-16,30H,1-4H3;11,16H,7-10H2,1-6H3;/q-1;;/b;12-11-;. The summed E-state index contributed by atoms with van der Waals surface area (Å²) < 4.78 is 1.09. The van der Waals surface area contributed by atoms with E-state index < -0.39 is 0 Å². The number of phenolic OH excluding ortho intramolecular Hbond substituents is 1. The minimum Gasteiger partial charge on any atom is -0.512 e. The van der Waals surface area contributed by atoms with Gasteiger partial charge in [-0.05, 0) is 78.1 Å². The van der Waals surface area contributed by atoms with E-state index in [0.29, 0.717) is 0 Å². The van der Waals surface area contributed by atoms with E-state index in [1.165, 1.54) is 28.0 Å². The van der Waals surface area contributed by atoms with Crippen molar-refractivity contribution in [3.8, 4) is 28.1 Å². The molecule has 2 N–H and O–H groups in total. The SMILES string of the molecule is CCC(C)(CC)C(=O)/C=C(\O)C(C)(CC)CC.Cc1csc2c(-c3cccnc3-c3[c-]c4ccccc4c(C(C)(C)C)c3)c(O)ccc12.[Ir]. The third-order valence-electron chi connectivity index (χ3n) is 10.4. The number of rotatable bonds is 9. The maximum absolute atomic E-state index is 12.2. The van der Waals surface area contributed by atoms with Crippen molar-refractivity contribution in [2.45, 2.75) is 100 Å². The number of aliphatic hydroxyl groups excluding tert-OH is 1. The van der Waals surface area contributed by atoms with Gasteiger partial charge in [-0.2, -0.15) is 0 Å². The fraction of sp³-hybridized carbons (Fsp3) is 0.395. The van der Waals surface area contributed by atoms with E-state index in [4.69, 9.17) is 4.98 Å². The van der Waals surface area contributed by atoms with Gasteiger partial charge >= 0.3 is 0 Å². The largest absolute Gasteiger partial charge is 0.512 e. The van der Waals surface area contributed by atoms with E-state index in [2.05, 4.69) is 69.5 Å². The molecule has 5 aromatic rings. The van der Waals surface area contributed by atoms with Gasteiger partial charge in [-0.1, -0.05) is 97.5 Å². The minimum atomic E-state index is -0.337. The summed E-state index contributed by atoms with van der Waals surface area (Å²) in [5.41, 5.74) is 5.43. The molecule has 4 nitrogen and oxygen atoms in total. The van der Waals surface area contributed by atoms with Gasteiger partial charge < -0.3 is 10.2 Å². The second kappa shape index (κ2) is 16.1. The number of benzene rings is 3. The van der Waals surface area contributed by atoms with Gasteiger partial charge in [-0.15, -0.1) is 40.5 Å². The van der Waals surface area contributed by atoms with Crippen LogP contribution in [0.3, 0.4) is 0 Å². The summed E-state index contributed by atoms with van der Waals surface area (Å²) in [6, 6.07) is 22.0. The van der Waals surface area contributed by atoms with E-state index in [9.17, 15) is 15.0 Å². The summed E-state index contributed by atoms with van der Waals surface area (Å²) in [5, 5.41) is 26.6. The van der Waals surface area contributed by atoms with Crippen molar-refractivity contribution in [2.75, 3.05) is 0 Å². The Bertz CT molecular complexity index is 1940. The third-order valence-corrected chi connectivity index (χ3v) is 11.6. The molecule has 0 saturated heterocycles. The number of pyridine rings is 1. The molecule has 0 aliphatic heterocycles. The second-order valence-corrected chi connectivity index (χ2v) is 15.4. The molecule has 0 bridgehead atoms. The zero-order chi connectivity index (χ0) is 35.4. The van der Waals surface area contributed by atoms with E-state index >= 15 is 0 Å². The number of allylic oxidation sites excluding steroid dienone is 2. The van der Waals surface area contributed by atoms with Gasteiger partial charge in [0.2, 0.25) is 0 Å². The molecule has 2 aromatic heterocycles. The number of hydrogen-bond acceptors (Lipinski definition) is 5. The number of aliphatic hydroxyl groups is 1. The Kier molecular flexibility index (Phi) is 13.2. The fourth-order valence-corrected chi connectivity index (χ4v) is 7.07. The number of fused-ring (bicyclic) bond motifs is 2. The normalized spacial score (nSPS) is 12.4. The van der Waals surface area contributed by atoms with Crippen LogP contribution in [0.4, 0.5) is 0 Å². The average molecular weight is 855 g/mol. The van der Waals surface area contributed by atoms with Crippen LogP contribution in [-0.2, 0) is 30.3 Å². The zero-order valence-corrected chi connectivity index (χ0v) is 34.0. The Morgan fingerprint density at radius 2 is 1.51 bits per heavy atom. The first-order chi connectivity index (χ1) is 22.6. The van der Waals surface area contributed by atoms with Gasteiger partial charge in [-0.3, -0.25) is 9.78 Å². The van der Waals surface area contributed by atoms with E-state index in [0.717, 1.165) is 58.2 Å². The number of carbonyl (C=O) groups excluding carboxylic acids is 1. The molecule has 0 aliphatic rings. The van der Waals surface area contributed by atoms with Crippen molar-refractivity contribution in [1.82, 2.24) is 4.98 Å². The minimum absolute atomic E-state index is 0. The van der Waals surface area contributed by atoms with Gasteiger partial charge in [0.25, 0.3) is 0 Å². The van der Waals surface area contributed by atoms with Crippen LogP contribution in [0.15, 0.2) is 78.0 Å². The molecule has 0 aliphatic carbocycles. The molecule has 49 heavy (non-hydrogen) atoms. The average Bonchev–Trinajstić information content (AvgIpc) is 3.46. The Labute approximate surface area is 311 Å². The Hall–Kier alpha value is -3.31. The van der Waals surface area contributed by atoms with Gasteiger partial charge in [0.15, 0.2) is 5.78 Å². The number of phenols is 1. The predicted molar refractivity (Wildman–Crippen MR) is 205 cm³/mol. The fourth-order valence-electron chi connectivity index (χ4n) is 5.96. The predicted octanol–water partition coefficient (Wildman–Crippen LogP) is 12.5. The number of thiophene rings is 1. The van der Waals surface area contributed by atoms with E-state index in [-0.39, 0.29) is 53.6 Å². The molecule has 0 saturated carbocycles. The van der Waals surface area contributed by atoms with Gasteiger partial charge in [0, 0.05) is 59.2 Å². The van der Waals surface area contributed by atoms with Crippen molar-refractivity contribution < 1.29 is 35.1 Å². The first-order valence-electron chi connectivity index (χ1n) is 17.2. The Balaban J connectivity index is 0.000000312. The summed E-state index contributed by atoms with van der Waals surface area (Å²) in [6.45, 7) is 20.9. The van der Waals surface area contributed by atoms with Gasteiger partial charge in [0.1, 0.15) is 11.5 Å². The van der Waals surface area contributed by atoms with Crippen LogP contribution in [0, 0.1) is 23.8 Å². The molecule has 0 unspecified atom stereocenters. The summed E-state index contributed by atoms with van der Waals surface area (Å²) in [6.07, 6.45) is 6.57. The van der Waals surface area contributed by atoms with Crippen LogP contribution in [0.5, 0.6) is 5.75 Å². The maximum atomic E-state index is 12.2. The molecule has 263 valence electrons. The smallest absolute Gasteiger partial charge is 0.164 e. The molecule has 0 amide bonds. The van der Waals surface area contributed by atoms with Crippen LogP contribution < -0.4 is 0 Å². The summed E-state index contributed by atoms with van der Waals surface area (Å²) in [5.74, 6) is 0.564. The second-order valence-electron chi connectivity index (χ2n) is 14.5. The number of hydrogen-bond donors (Lipinski definition) is 2. The topological polar surface area (TPSA) is 70.4 Å². The van der Waals surface area contributed by atoms with Gasteiger partial charge in [0.05, 0.1) is 0 Å². The number of ketones is 1. The number of aryl methyl sites for hydroxylation is 1. The molecular weight excluding hydrogens is 803 g/mol. The van der Waals surface area contributed by atoms with Crippen molar-refractivity contribution in [3.05, 3.63) is 95.2 Å². The number of aromatic hydroxyl groups is 1. The van der Waals surface area contributed by atoms with Crippen molar-refractivity contribution in [1.29, 1.82) is 0 Å². The van der Waals surface area contributed by atoms with Crippen LogP contribution in [0.1, 0.15) is 99.1 Å². The summed E-state index contributed by atoms with van der Waals surface area (Å²) in [4.78, 5) is 17.0. The monoisotopic (exact) mass is 855 g/mol. The molecule has 6 heteroatoms. The number of carbonyl (C=O) groups is 1. The quantitative estimate of drug-likeness (QED) is 0.0880. The van der Waals surface area contributed by atoms with Crippen molar-refractivity contribution >= 4 is 38.0 Å². The molecular formula is C43H52IrNO3S-. The van der Waals surface area contributed by atoms with Crippen molar-refractivity contribution in [2.24, 2.45) is 10.8 Å². The third kappa shape index (κ3) is 8.36. The van der Waals surface area contributed by atoms with Crippen LogP contribution in [0.25, 0.3) is 43.2 Å². The van der Waals surface area contributed by atoms with E-state index in [1.54, 1.807) is 17.4 Å². The molecule has 2 heterocycles. The van der Waals surface area contributed by atoms with Crippen LogP contribution in [0.2, 0.25) is 0 Å². The molecule has 0 fully saturated rings.